The molecule has 0 spiro atoms. The van der Waals surface area contributed by atoms with E-state index < -0.39 is 17.9 Å². The zero-order chi connectivity index (χ0) is 17.2. The molecule has 1 unspecified atom stereocenters. The van der Waals surface area contributed by atoms with Crippen LogP contribution in [0.3, 0.4) is 0 Å². The molecule has 5 nitrogen and oxygen atoms in total. The number of aliphatic carboxylic acids is 1. The number of rotatable bonds is 10. The van der Waals surface area contributed by atoms with E-state index in [0.717, 1.165) is 19.3 Å². The van der Waals surface area contributed by atoms with Crippen molar-refractivity contribution >= 4 is 11.9 Å². The highest BCUT2D eigenvalue weighted by Crippen LogP contribution is 2.13. The van der Waals surface area contributed by atoms with Crippen molar-refractivity contribution in [2.45, 2.75) is 52.5 Å². The lowest BCUT2D eigenvalue weighted by atomic mass is 10.0. The van der Waals surface area contributed by atoms with Crippen LogP contribution in [-0.4, -0.2) is 24.5 Å². The topological polar surface area (TPSA) is 78.5 Å². The molecule has 128 valence electrons. The van der Waals surface area contributed by atoms with Crippen molar-refractivity contribution in [1.82, 2.24) is 5.32 Å². The molecule has 1 atom stereocenters. The summed E-state index contributed by atoms with van der Waals surface area (Å²) in [6.45, 7) is 6.58. The van der Waals surface area contributed by atoms with Crippen molar-refractivity contribution in [2.24, 2.45) is 5.92 Å². The van der Waals surface area contributed by atoms with Crippen molar-refractivity contribution in [3.8, 4) is 5.75 Å². The van der Waals surface area contributed by atoms with Gasteiger partial charge in [-0.1, -0.05) is 33.6 Å². The first kappa shape index (κ1) is 19.0. The first-order valence-electron chi connectivity index (χ1n) is 8.18. The van der Waals surface area contributed by atoms with E-state index >= 15 is 0 Å². The molecule has 0 fully saturated rings. The zero-order valence-electron chi connectivity index (χ0n) is 14.1. The van der Waals surface area contributed by atoms with Gasteiger partial charge in [0.2, 0.25) is 0 Å². The third kappa shape index (κ3) is 7.17. The van der Waals surface area contributed by atoms with Gasteiger partial charge in [-0.15, -0.1) is 0 Å². The van der Waals surface area contributed by atoms with Gasteiger partial charge >= 0.3 is 0 Å². The molecule has 0 aliphatic rings. The zero-order valence-corrected chi connectivity index (χ0v) is 14.1. The van der Waals surface area contributed by atoms with Gasteiger partial charge in [0.25, 0.3) is 5.91 Å². The minimum absolute atomic E-state index is 0.150. The van der Waals surface area contributed by atoms with E-state index in [4.69, 9.17) is 4.74 Å². The Morgan fingerprint density at radius 2 is 1.83 bits per heavy atom. The average molecular weight is 320 g/mol. The molecule has 5 heteroatoms. The summed E-state index contributed by atoms with van der Waals surface area (Å²) >= 11 is 0. The third-order valence-corrected chi connectivity index (χ3v) is 3.43. The van der Waals surface area contributed by atoms with Crippen molar-refractivity contribution in [1.29, 1.82) is 0 Å². The van der Waals surface area contributed by atoms with Crippen molar-refractivity contribution in [3.05, 3.63) is 29.8 Å². The summed E-state index contributed by atoms with van der Waals surface area (Å²) in [4.78, 5) is 23.2. The second kappa shape index (κ2) is 9.87. The Bertz CT molecular complexity index is 496. The van der Waals surface area contributed by atoms with Gasteiger partial charge < -0.3 is 20.0 Å². The third-order valence-electron chi connectivity index (χ3n) is 3.43. The van der Waals surface area contributed by atoms with Gasteiger partial charge in [0.1, 0.15) is 5.75 Å². The molecule has 0 aliphatic heterocycles. The molecule has 0 saturated carbocycles. The Labute approximate surface area is 138 Å². The van der Waals surface area contributed by atoms with E-state index in [9.17, 15) is 14.7 Å². The Hall–Kier alpha value is -2.04. The number of amides is 1. The lowest BCUT2D eigenvalue weighted by Crippen LogP contribution is -2.48. The number of benzene rings is 1. The summed E-state index contributed by atoms with van der Waals surface area (Å²) in [5.41, 5.74) is 0.404. The predicted molar refractivity (Wildman–Crippen MR) is 87.2 cm³/mol. The van der Waals surface area contributed by atoms with Gasteiger partial charge in [-0.25, -0.2) is 0 Å². The van der Waals surface area contributed by atoms with Crippen LogP contribution in [0, 0.1) is 5.92 Å². The minimum Gasteiger partial charge on any atom is -0.548 e. The van der Waals surface area contributed by atoms with Crippen LogP contribution in [0.5, 0.6) is 5.75 Å². The Morgan fingerprint density at radius 3 is 2.35 bits per heavy atom. The lowest BCUT2D eigenvalue weighted by Gasteiger charge is -2.21. The second-order valence-corrected chi connectivity index (χ2v) is 6.05. The van der Waals surface area contributed by atoms with Gasteiger partial charge in [0, 0.05) is 5.56 Å². The van der Waals surface area contributed by atoms with E-state index in [1.165, 1.54) is 0 Å². The van der Waals surface area contributed by atoms with Gasteiger partial charge in [-0.3, -0.25) is 4.79 Å². The lowest BCUT2D eigenvalue weighted by molar-refractivity contribution is -0.308. The van der Waals surface area contributed by atoms with E-state index in [2.05, 4.69) is 12.2 Å². The van der Waals surface area contributed by atoms with E-state index in [1.54, 1.807) is 24.3 Å². The molecular formula is C18H26NO4-. The quantitative estimate of drug-likeness (QED) is 0.670. The van der Waals surface area contributed by atoms with Crippen molar-refractivity contribution in [3.63, 3.8) is 0 Å². The number of carbonyl (C=O) groups excluding carboxylic acids is 2. The predicted octanol–water partition coefficient (Wildman–Crippen LogP) is 2.15. The Kier molecular flexibility index (Phi) is 8.16. The molecule has 23 heavy (non-hydrogen) atoms. The fourth-order valence-corrected chi connectivity index (χ4v) is 2.17. The van der Waals surface area contributed by atoms with Crippen LogP contribution < -0.4 is 15.2 Å². The van der Waals surface area contributed by atoms with Gasteiger partial charge in [0.15, 0.2) is 0 Å². The van der Waals surface area contributed by atoms with Crippen molar-refractivity contribution < 1.29 is 19.4 Å². The molecule has 1 aromatic rings. The SMILES string of the molecule is CCCCCOc1ccc(C(=O)NC(CC(C)C)C(=O)[O-])cc1. The summed E-state index contributed by atoms with van der Waals surface area (Å²) in [5, 5.41) is 13.6. The monoisotopic (exact) mass is 320 g/mol. The maximum absolute atomic E-state index is 12.1. The molecule has 1 N–H and O–H groups in total. The van der Waals surface area contributed by atoms with Gasteiger partial charge in [0.05, 0.1) is 18.6 Å². The number of unbranched alkanes of at least 4 members (excludes halogenated alkanes) is 2. The summed E-state index contributed by atoms with van der Waals surface area (Å²) in [5.74, 6) is -0.825. The first-order chi connectivity index (χ1) is 10.9. The van der Waals surface area contributed by atoms with E-state index in [-0.39, 0.29) is 5.92 Å². The summed E-state index contributed by atoms with van der Waals surface area (Å²) < 4.78 is 5.58. The largest absolute Gasteiger partial charge is 0.548 e. The standard InChI is InChI=1S/C18H27NO4/c1-4-5-6-11-23-15-9-7-14(8-10-15)17(20)19-16(18(21)22)12-13(2)3/h7-10,13,16H,4-6,11-12H2,1-3H3,(H,19,20)(H,21,22)/p-1. The highest BCUT2D eigenvalue weighted by atomic mass is 16.5. The fraction of sp³-hybridized carbons (Fsp3) is 0.556. The number of hydrogen-bond donors (Lipinski definition) is 1. The Balaban J connectivity index is 2.57. The number of carbonyl (C=O) groups is 2. The summed E-state index contributed by atoms with van der Waals surface area (Å²) in [7, 11) is 0. The summed E-state index contributed by atoms with van der Waals surface area (Å²) in [6, 6.07) is 5.72. The van der Waals surface area contributed by atoms with Crippen LogP contribution in [-0.2, 0) is 4.79 Å². The molecule has 0 bridgehead atoms. The van der Waals surface area contributed by atoms with Crippen LogP contribution in [0.15, 0.2) is 24.3 Å². The molecule has 0 aliphatic carbocycles. The first-order valence-corrected chi connectivity index (χ1v) is 8.18. The molecule has 1 rings (SSSR count). The van der Waals surface area contributed by atoms with Crippen molar-refractivity contribution in [2.75, 3.05) is 6.61 Å². The van der Waals surface area contributed by atoms with Crippen LogP contribution in [0.1, 0.15) is 56.8 Å². The number of hydrogen-bond acceptors (Lipinski definition) is 4. The van der Waals surface area contributed by atoms with Gasteiger partial charge in [-0.05, 0) is 43.0 Å². The number of nitrogens with one attached hydrogen (secondary N) is 1. The van der Waals surface area contributed by atoms with Crippen LogP contribution in [0.2, 0.25) is 0 Å². The maximum atomic E-state index is 12.1. The summed E-state index contributed by atoms with van der Waals surface area (Å²) in [6.07, 6.45) is 3.60. The van der Waals surface area contributed by atoms with Crippen LogP contribution >= 0.6 is 0 Å². The number of ether oxygens (including phenoxy) is 1. The molecule has 1 amide bonds. The smallest absolute Gasteiger partial charge is 0.251 e. The maximum Gasteiger partial charge on any atom is 0.251 e. The molecule has 0 heterocycles. The average Bonchev–Trinajstić information content (AvgIpc) is 2.51. The molecular weight excluding hydrogens is 294 g/mol. The molecule has 0 saturated heterocycles. The highest BCUT2D eigenvalue weighted by Gasteiger charge is 2.16. The Morgan fingerprint density at radius 1 is 1.17 bits per heavy atom. The van der Waals surface area contributed by atoms with Crippen LogP contribution in [0.25, 0.3) is 0 Å². The van der Waals surface area contributed by atoms with E-state index in [0.29, 0.717) is 24.3 Å². The number of carboxylic acid groups (broad SMARTS) is 1. The number of carboxylic acids is 1. The second-order valence-electron chi connectivity index (χ2n) is 6.05. The van der Waals surface area contributed by atoms with Crippen LogP contribution in [0.4, 0.5) is 0 Å². The minimum atomic E-state index is -1.26. The molecule has 0 aromatic heterocycles. The fourth-order valence-electron chi connectivity index (χ4n) is 2.17. The van der Waals surface area contributed by atoms with Gasteiger partial charge in [-0.2, -0.15) is 0 Å². The van der Waals surface area contributed by atoms with E-state index in [1.807, 2.05) is 13.8 Å². The molecule has 0 radical (unpaired) electrons. The highest BCUT2D eigenvalue weighted by molar-refractivity contribution is 5.96. The normalized spacial score (nSPS) is 12.0. The molecule has 1 aromatic carbocycles.